The van der Waals surface area contributed by atoms with Crippen molar-refractivity contribution in [3.05, 3.63) is 70.3 Å². The number of nitrogens with one attached hydrogen (secondary N) is 2. The lowest BCUT2D eigenvalue weighted by Crippen LogP contribution is -2.28. The van der Waals surface area contributed by atoms with Crippen LogP contribution >= 0.6 is 0 Å². The smallest absolute Gasteiger partial charge is 0.349 e. The van der Waals surface area contributed by atoms with Crippen molar-refractivity contribution in [1.82, 2.24) is 10.8 Å². The summed E-state index contributed by atoms with van der Waals surface area (Å²) in [4.78, 5) is 23.6. The molecule has 0 radical (unpaired) electrons. The summed E-state index contributed by atoms with van der Waals surface area (Å²) in [5, 5.41) is 11.1. The second-order valence-corrected chi connectivity index (χ2v) is 6.45. The van der Waals surface area contributed by atoms with Gasteiger partial charge in [0.15, 0.2) is 0 Å². The van der Waals surface area contributed by atoms with Gasteiger partial charge < -0.3 is 5.32 Å². The van der Waals surface area contributed by atoms with Crippen molar-refractivity contribution in [3.8, 4) is 0 Å². The Labute approximate surface area is 166 Å². The topological polar surface area (TPSA) is 78.4 Å². The van der Waals surface area contributed by atoms with E-state index in [1.54, 1.807) is 6.07 Å². The number of carbonyl (C=O) groups is 2. The molecular formula is C19H16F6N2O3. The highest BCUT2D eigenvalue weighted by molar-refractivity contribution is 5.93. The summed E-state index contributed by atoms with van der Waals surface area (Å²) in [7, 11) is 0. The molecule has 5 nitrogen and oxygen atoms in total. The molecule has 0 fully saturated rings. The zero-order valence-electron chi connectivity index (χ0n) is 15.4. The van der Waals surface area contributed by atoms with E-state index in [0.717, 1.165) is 0 Å². The molecule has 1 unspecified atom stereocenters. The van der Waals surface area contributed by atoms with Crippen molar-refractivity contribution < 1.29 is 41.1 Å². The van der Waals surface area contributed by atoms with E-state index in [4.69, 9.17) is 5.21 Å². The minimum Gasteiger partial charge on any atom is -0.349 e. The predicted octanol–water partition coefficient (Wildman–Crippen LogP) is 4.26. The van der Waals surface area contributed by atoms with Gasteiger partial charge >= 0.3 is 12.4 Å². The molecule has 0 aliphatic heterocycles. The van der Waals surface area contributed by atoms with Gasteiger partial charge in [-0.25, -0.2) is 5.48 Å². The van der Waals surface area contributed by atoms with Gasteiger partial charge in [-0.1, -0.05) is 12.1 Å². The minimum atomic E-state index is -5.01. The molecule has 0 saturated heterocycles. The average Bonchev–Trinajstić information content (AvgIpc) is 2.65. The van der Waals surface area contributed by atoms with Crippen LogP contribution in [0, 0.1) is 0 Å². The molecule has 0 aromatic heterocycles. The molecule has 0 saturated carbocycles. The molecule has 162 valence electrons. The average molecular weight is 434 g/mol. The molecule has 3 N–H and O–H groups in total. The van der Waals surface area contributed by atoms with Gasteiger partial charge in [0.05, 0.1) is 23.6 Å². The summed E-state index contributed by atoms with van der Waals surface area (Å²) in [6, 6.07) is 6.04. The van der Waals surface area contributed by atoms with Crippen LogP contribution in [-0.4, -0.2) is 17.0 Å². The van der Waals surface area contributed by atoms with Crippen LogP contribution in [-0.2, 0) is 23.6 Å². The molecule has 2 rings (SSSR count). The lowest BCUT2D eigenvalue weighted by atomic mass is 10.0. The number of alkyl halides is 6. The summed E-state index contributed by atoms with van der Waals surface area (Å²) >= 11 is 0. The fourth-order valence-electron chi connectivity index (χ4n) is 2.70. The van der Waals surface area contributed by atoms with E-state index in [2.05, 4.69) is 5.32 Å². The zero-order valence-corrected chi connectivity index (χ0v) is 15.4. The molecule has 2 amide bonds. The maximum absolute atomic E-state index is 12.9. The molecule has 30 heavy (non-hydrogen) atoms. The van der Waals surface area contributed by atoms with Crippen molar-refractivity contribution in [2.24, 2.45) is 0 Å². The Morgan fingerprint density at radius 3 is 2.03 bits per heavy atom. The van der Waals surface area contributed by atoms with Crippen LogP contribution in [0.2, 0.25) is 0 Å². The normalized spacial score (nSPS) is 12.9. The van der Waals surface area contributed by atoms with Gasteiger partial charge in [0.25, 0.3) is 5.91 Å². The first kappa shape index (κ1) is 23.2. The fraction of sp³-hybridized carbons (Fsp3) is 0.263. The number of halogens is 6. The van der Waals surface area contributed by atoms with E-state index < -0.39 is 53.3 Å². The van der Waals surface area contributed by atoms with Crippen LogP contribution in [0.15, 0.2) is 42.5 Å². The third kappa shape index (κ3) is 5.96. The van der Waals surface area contributed by atoms with Crippen molar-refractivity contribution in [3.63, 3.8) is 0 Å². The van der Waals surface area contributed by atoms with Gasteiger partial charge in [-0.05, 0) is 48.4 Å². The van der Waals surface area contributed by atoms with Gasteiger partial charge in [0, 0.05) is 5.56 Å². The van der Waals surface area contributed by atoms with Crippen molar-refractivity contribution in [1.29, 1.82) is 0 Å². The lowest BCUT2D eigenvalue weighted by molar-refractivity contribution is -0.143. The fourth-order valence-corrected chi connectivity index (χ4v) is 2.70. The number of carbonyl (C=O) groups excluding carboxylic acids is 2. The van der Waals surface area contributed by atoms with Crippen molar-refractivity contribution in [2.45, 2.75) is 31.7 Å². The SMILES string of the molecule is CC(NC(=O)Cc1cc(C(F)(F)F)cc(C(F)(F)F)c1)c1cccc(C(=O)NO)c1. The van der Waals surface area contributed by atoms with Crippen LogP contribution in [0.3, 0.4) is 0 Å². The monoisotopic (exact) mass is 434 g/mol. The molecule has 0 aliphatic rings. The summed E-state index contributed by atoms with van der Waals surface area (Å²) in [5.41, 5.74) is -1.49. The largest absolute Gasteiger partial charge is 0.416 e. The third-order valence-electron chi connectivity index (χ3n) is 4.14. The molecule has 1 atom stereocenters. The molecule has 0 aliphatic carbocycles. The minimum absolute atomic E-state index is 0.0122. The van der Waals surface area contributed by atoms with Crippen molar-refractivity contribution >= 4 is 11.8 Å². The highest BCUT2D eigenvalue weighted by Crippen LogP contribution is 2.36. The van der Waals surface area contributed by atoms with E-state index in [-0.39, 0.29) is 11.6 Å². The van der Waals surface area contributed by atoms with E-state index in [0.29, 0.717) is 17.7 Å². The lowest BCUT2D eigenvalue weighted by Gasteiger charge is -2.17. The standard InChI is InChI=1S/C19H16F6N2O3/c1-10(12-3-2-4-13(8-12)17(29)27-30)26-16(28)7-11-5-14(18(20,21)22)9-15(6-11)19(23,24)25/h2-6,8-10,30H,7H2,1H3,(H,26,28)(H,27,29). The van der Waals surface area contributed by atoms with Gasteiger partial charge in [-0.3, -0.25) is 14.8 Å². The molecule has 0 spiro atoms. The van der Waals surface area contributed by atoms with Crippen molar-refractivity contribution in [2.75, 3.05) is 0 Å². The van der Waals surface area contributed by atoms with E-state index in [9.17, 15) is 35.9 Å². The van der Waals surface area contributed by atoms with E-state index in [1.807, 2.05) is 0 Å². The second kappa shape index (κ2) is 8.74. The molecule has 11 heteroatoms. The van der Waals surface area contributed by atoms with Crippen LogP contribution in [0.5, 0.6) is 0 Å². The summed E-state index contributed by atoms with van der Waals surface area (Å²) in [6.45, 7) is 1.52. The zero-order chi connectivity index (χ0) is 22.7. The Balaban J connectivity index is 2.21. The first-order chi connectivity index (χ1) is 13.8. The number of hydrogen-bond donors (Lipinski definition) is 3. The molecular weight excluding hydrogens is 418 g/mol. The first-order valence-corrected chi connectivity index (χ1v) is 8.43. The highest BCUT2D eigenvalue weighted by atomic mass is 19.4. The Bertz CT molecular complexity index is 908. The molecule has 0 bridgehead atoms. The molecule has 2 aromatic rings. The Morgan fingerprint density at radius 1 is 0.967 bits per heavy atom. The number of amides is 2. The van der Waals surface area contributed by atoms with Gasteiger partial charge in [-0.2, -0.15) is 26.3 Å². The third-order valence-corrected chi connectivity index (χ3v) is 4.14. The Morgan fingerprint density at radius 2 is 1.53 bits per heavy atom. The van der Waals surface area contributed by atoms with Crippen LogP contribution in [0.25, 0.3) is 0 Å². The number of hydrogen-bond acceptors (Lipinski definition) is 3. The number of rotatable bonds is 5. The van der Waals surface area contributed by atoms with E-state index in [1.165, 1.54) is 30.6 Å². The number of benzene rings is 2. The predicted molar refractivity (Wildman–Crippen MR) is 92.4 cm³/mol. The maximum atomic E-state index is 12.9. The highest BCUT2D eigenvalue weighted by Gasteiger charge is 2.37. The summed E-state index contributed by atoms with van der Waals surface area (Å²) in [5.74, 6) is -1.61. The van der Waals surface area contributed by atoms with Crippen LogP contribution in [0.1, 0.15) is 45.6 Å². The second-order valence-electron chi connectivity index (χ2n) is 6.45. The first-order valence-electron chi connectivity index (χ1n) is 8.43. The maximum Gasteiger partial charge on any atom is 0.416 e. The Hall–Kier alpha value is -3.08. The van der Waals surface area contributed by atoms with Gasteiger partial charge in [0.2, 0.25) is 5.91 Å². The summed E-state index contributed by atoms with van der Waals surface area (Å²) in [6.07, 6.45) is -10.7. The molecule has 2 aromatic carbocycles. The van der Waals surface area contributed by atoms with E-state index >= 15 is 0 Å². The molecule has 0 heterocycles. The Kier molecular flexibility index (Phi) is 6.76. The summed E-state index contributed by atoms with van der Waals surface area (Å²) < 4.78 is 77.5. The van der Waals surface area contributed by atoms with Gasteiger partial charge in [0.1, 0.15) is 0 Å². The number of hydroxylamine groups is 1. The van der Waals surface area contributed by atoms with Crippen LogP contribution < -0.4 is 10.8 Å². The van der Waals surface area contributed by atoms with Crippen LogP contribution in [0.4, 0.5) is 26.3 Å². The van der Waals surface area contributed by atoms with Gasteiger partial charge in [-0.15, -0.1) is 0 Å². The quantitative estimate of drug-likeness (QED) is 0.374.